The summed E-state index contributed by atoms with van der Waals surface area (Å²) in [5, 5.41) is 67.3. The summed E-state index contributed by atoms with van der Waals surface area (Å²) >= 11 is 0. The third-order valence-electron chi connectivity index (χ3n) is 10.5. The van der Waals surface area contributed by atoms with Crippen LogP contribution in [0.4, 0.5) is 34.4 Å². The van der Waals surface area contributed by atoms with Gasteiger partial charge < -0.3 is 10.2 Å². The van der Waals surface area contributed by atoms with Crippen molar-refractivity contribution in [3.63, 3.8) is 0 Å². The van der Waals surface area contributed by atoms with Crippen LogP contribution in [0.25, 0.3) is 21.3 Å². The van der Waals surface area contributed by atoms with Gasteiger partial charge in [0, 0.05) is 53.5 Å². The maximum atomic E-state index is 12.7. The monoisotopic (exact) mass is 972 g/mol. The standard InChI is InChI=1S/2C24H26N8O2.Fe/c1-8-9-14-31-22(33)17(25-6)15(2)18(23(31)34)28-29-21-19(26-7)20(24(3,4)5)30-32(21)16-12-10-11-13-27-16;1-6-7-12-31-22(33)16(13-25)15(2)19(23(31)34)28-29-21-17(14-26)20(24(3,4)5)30-32(21)18-10-8-9-11-27-18;/h10-13,34H,8-9,14H2,1-5H3;8-11,34H,6-7,12H2,1-5H3;. The average molecular weight is 973 g/mol. The summed E-state index contributed by atoms with van der Waals surface area (Å²) in [4.78, 5) is 41.0. The van der Waals surface area contributed by atoms with E-state index < -0.39 is 21.9 Å². The summed E-state index contributed by atoms with van der Waals surface area (Å²) in [7, 11) is 0. The smallest absolute Gasteiger partial charge is 0.271 e. The molecule has 0 bridgehead atoms. The van der Waals surface area contributed by atoms with Crippen LogP contribution in [0.15, 0.2) is 78.8 Å². The molecule has 0 saturated carbocycles. The molecule has 0 atom stereocenters. The number of hydrogen-bond donors (Lipinski definition) is 2. The van der Waals surface area contributed by atoms with Gasteiger partial charge in [-0.15, -0.1) is 20.5 Å². The Morgan fingerprint density at radius 3 is 1.54 bits per heavy atom. The zero-order valence-electron chi connectivity index (χ0n) is 40.1. The van der Waals surface area contributed by atoms with Crippen molar-refractivity contribution in [3.8, 4) is 35.5 Å². The van der Waals surface area contributed by atoms with Gasteiger partial charge in [0.15, 0.2) is 29.0 Å². The molecule has 6 aromatic rings. The Kier molecular flexibility index (Phi) is 17.5. The minimum atomic E-state index is -0.573. The quantitative estimate of drug-likeness (QED) is 0.0666. The normalized spacial score (nSPS) is 11.3. The van der Waals surface area contributed by atoms with Crippen LogP contribution in [0.3, 0.4) is 0 Å². The second-order valence-electron chi connectivity index (χ2n) is 17.6. The Labute approximate surface area is 410 Å². The molecule has 0 fully saturated rings. The van der Waals surface area contributed by atoms with Gasteiger partial charge in [-0.3, -0.25) is 18.7 Å². The van der Waals surface area contributed by atoms with Gasteiger partial charge in [0.05, 0.1) is 24.5 Å². The number of aromatic hydroxyl groups is 2. The van der Waals surface area contributed by atoms with Crippen LogP contribution >= 0.6 is 0 Å². The van der Waals surface area contributed by atoms with E-state index in [-0.39, 0.29) is 98.6 Å². The number of azo groups is 2. The van der Waals surface area contributed by atoms with Crippen molar-refractivity contribution in [2.24, 2.45) is 20.5 Å². The molecule has 6 aromatic heterocycles. The fourth-order valence-electron chi connectivity index (χ4n) is 6.85. The molecule has 21 heteroatoms. The van der Waals surface area contributed by atoms with E-state index in [1.165, 1.54) is 16.3 Å². The third-order valence-corrected chi connectivity index (χ3v) is 10.5. The van der Waals surface area contributed by atoms with E-state index in [2.05, 4.69) is 56.4 Å². The van der Waals surface area contributed by atoms with Crippen LogP contribution in [0.5, 0.6) is 11.8 Å². The maximum absolute atomic E-state index is 12.7. The Bertz CT molecular complexity index is 2980. The predicted octanol–water partition coefficient (Wildman–Crippen LogP) is 10.8. The Morgan fingerprint density at radius 2 is 1.10 bits per heavy atom. The number of aromatic nitrogens is 8. The van der Waals surface area contributed by atoms with Crippen LogP contribution in [0.1, 0.15) is 115 Å². The molecule has 0 radical (unpaired) electrons. The molecular weight excluding hydrogens is 920 g/mol. The van der Waals surface area contributed by atoms with Crippen molar-refractivity contribution in [2.45, 2.75) is 119 Å². The summed E-state index contributed by atoms with van der Waals surface area (Å²) < 4.78 is 5.13. The first-order chi connectivity index (χ1) is 32.3. The molecule has 20 nitrogen and oxygen atoms in total. The first-order valence-electron chi connectivity index (χ1n) is 21.7. The van der Waals surface area contributed by atoms with E-state index >= 15 is 0 Å². The van der Waals surface area contributed by atoms with Crippen LogP contribution in [0, 0.1) is 49.7 Å². The van der Waals surface area contributed by atoms with Gasteiger partial charge in [-0.1, -0.05) is 80.4 Å². The number of unbranched alkanes of at least 4 members (excludes halogenated alkanes) is 2. The van der Waals surface area contributed by atoms with E-state index in [9.17, 15) is 30.3 Å². The Balaban J connectivity index is 0.000000296. The van der Waals surface area contributed by atoms with E-state index in [0.717, 1.165) is 22.0 Å². The van der Waals surface area contributed by atoms with Gasteiger partial charge in [0.2, 0.25) is 11.8 Å². The Hall–Kier alpha value is -8.10. The van der Waals surface area contributed by atoms with Gasteiger partial charge in [0.25, 0.3) is 22.5 Å². The molecule has 2 N–H and O–H groups in total. The molecular formula is C48H52FeN16O4. The summed E-state index contributed by atoms with van der Waals surface area (Å²) in [6.07, 6.45) is 6.08. The first-order valence-corrected chi connectivity index (χ1v) is 21.7. The average Bonchev–Trinajstić information content (AvgIpc) is 3.89. The summed E-state index contributed by atoms with van der Waals surface area (Å²) in [6.45, 7) is 34.3. The Morgan fingerprint density at radius 1 is 0.652 bits per heavy atom. The van der Waals surface area contributed by atoms with Crippen LogP contribution < -0.4 is 11.1 Å². The molecule has 6 heterocycles. The van der Waals surface area contributed by atoms with E-state index in [1.807, 2.05) is 61.5 Å². The summed E-state index contributed by atoms with van der Waals surface area (Å²) in [5.41, 5.74) is -0.393. The molecule has 0 aliphatic carbocycles. The zero-order chi connectivity index (χ0) is 50.1. The molecule has 0 amide bonds. The van der Waals surface area contributed by atoms with Crippen molar-refractivity contribution in [3.05, 3.63) is 126 Å². The van der Waals surface area contributed by atoms with Crippen molar-refractivity contribution < 1.29 is 27.3 Å². The van der Waals surface area contributed by atoms with Crippen molar-refractivity contribution >= 4 is 34.4 Å². The first kappa shape index (κ1) is 53.5. The molecule has 0 saturated heterocycles. The number of nitriles is 2. The molecule has 6 rings (SSSR count). The fourth-order valence-corrected chi connectivity index (χ4v) is 6.85. The van der Waals surface area contributed by atoms with Crippen LogP contribution in [-0.2, 0) is 41.0 Å². The van der Waals surface area contributed by atoms with Gasteiger partial charge in [-0.25, -0.2) is 24.3 Å². The van der Waals surface area contributed by atoms with E-state index in [0.29, 0.717) is 35.9 Å². The van der Waals surface area contributed by atoms with Crippen LogP contribution in [-0.4, -0.2) is 48.9 Å². The van der Waals surface area contributed by atoms with Gasteiger partial charge in [0.1, 0.15) is 29.0 Å². The maximum Gasteiger partial charge on any atom is 0.271 e. The van der Waals surface area contributed by atoms with Crippen LogP contribution in [0.2, 0.25) is 0 Å². The van der Waals surface area contributed by atoms with Crippen molar-refractivity contribution in [1.82, 2.24) is 38.7 Å². The zero-order valence-corrected chi connectivity index (χ0v) is 41.2. The molecule has 0 aliphatic heterocycles. The molecule has 69 heavy (non-hydrogen) atoms. The van der Waals surface area contributed by atoms with Gasteiger partial charge in [-0.05, 0) is 61.9 Å². The number of nitrogens with zero attached hydrogens (tertiary/aromatic N) is 16. The van der Waals surface area contributed by atoms with Gasteiger partial charge >= 0.3 is 0 Å². The molecule has 0 spiro atoms. The molecule has 0 aromatic carbocycles. The fraction of sp³-hybridized carbons (Fsp3) is 0.375. The van der Waals surface area contributed by atoms with E-state index in [1.54, 1.807) is 55.7 Å². The molecule has 0 aliphatic rings. The topological polar surface area (TPSA) is 252 Å². The SMILES string of the molecule is CCCCn1c(O)c(N=Nc2c(C#N)c(C(C)(C)C)nn2-c2ccccn2)c(C)c(C#N)c1=O.[C-]#[N+]c1c(C(C)(C)C)nn(-c2ccccn2)c1N=Nc1c(C)c([N+]#[C-])c(=O)n(CCCC)c1O.[Fe]. The minimum absolute atomic E-state index is 0. The summed E-state index contributed by atoms with van der Waals surface area (Å²) in [5.74, 6) is 0.430. The third kappa shape index (κ3) is 11.2. The molecule has 356 valence electrons. The van der Waals surface area contributed by atoms with E-state index in [4.69, 9.17) is 13.1 Å². The summed E-state index contributed by atoms with van der Waals surface area (Å²) in [6, 6.07) is 14.6. The van der Waals surface area contributed by atoms with Crippen molar-refractivity contribution in [2.75, 3.05) is 0 Å². The number of rotatable bonds is 12. The predicted molar refractivity (Wildman–Crippen MR) is 254 cm³/mol. The number of hydrogen-bond acceptors (Lipinski definition) is 14. The van der Waals surface area contributed by atoms with Gasteiger partial charge in [-0.2, -0.15) is 25.4 Å². The minimum Gasteiger partial charge on any atom is -0.493 e. The van der Waals surface area contributed by atoms with Crippen molar-refractivity contribution in [1.29, 1.82) is 10.5 Å². The second kappa shape index (κ2) is 22.6. The number of pyridine rings is 4. The second-order valence-corrected chi connectivity index (χ2v) is 17.6. The molecule has 0 unspecified atom stereocenters. The largest absolute Gasteiger partial charge is 0.493 e.